The number of carbonyl (C=O) groups excluding carboxylic acids is 2. The molecule has 8 nitrogen and oxygen atoms in total. The summed E-state index contributed by atoms with van der Waals surface area (Å²) >= 11 is 0. The lowest BCUT2D eigenvalue weighted by molar-refractivity contribution is -0.138. The Morgan fingerprint density at radius 2 is 1.76 bits per heavy atom. The van der Waals surface area contributed by atoms with Crippen LogP contribution in [0.25, 0.3) is 0 Å². The Morgan fingerprint density at radius 3 is 2.50 bits per heavy atom. The number of rotatable bonds is 6. The monoisotopic (exact) mass is 461 g/mol. The number of para-hydroxylation sites is 2. The van der Waals surface area contributed by atoms with Crippen molar-refractivity contribution in [3.63, 3.8) is 0 Å². The minimum atomic E-state index is -0.655. The summed E-state index contributed by atoms with van der Waals surface area (Å²) in [4.78, 5) is 27.2. The number of fused-ring (bicyclic) bond motifs is 1. The van der Waals surface area contributed by atoms with Crippen LogP contribution in [0.2, 0.25) is 0 Å². The van der Waals surface area contributed by atoms with E-state index in [4.69, 9.17) is 14.2 Å². The van der Waals surface area contributed by atoms with E-state index in [0.29, 0.717) is 41.7 Å². The molecule has 0 fully saturated rings. The summed E-state index contributed by atoms with van der Waals surface area (Å²) in [6.45, 7) is 2.36. The first-order chi connectivity index (χ1) is 16.5. The standard InChI is InChI=1S/C26H27N3O5/c1-17-25(30)29(15-18-8-7-11-23(32-2)24(18)33-3)16-19-14-21(12-13-22(19)34-17)28-26(31)27-20-9-5-4-6-10-20/h4-14,17H,15-16H2,1-3H3,(H2,27,28,31). The lowest BCUT2D eigenvalue weighted by Gasteiger charge is -2.24. The molecule has 1 atom stereocenters. The molecule has 1 heterocycles. The van der Waals surface area contributed by atoms with Crippen LogP contribution in [0.3, 0.4) is 0 Å². The third kappa shape index (κ3) is 5.06. The molecule has 1 aliphatic heterocycles. The van der Waals surface area contributed by atoms with Crippen LogP contribution in [-0.4, -0.2) is 37.2 Å². The SMILES string of the molecule is COc1cccc(CN2Cc3cc(NC(=O)Nc4ccccc4)ccc3OC(C)C2=O)c1OC. The van der Waals surface area contributed by atoms with Gasteiger partial charge in [-0.2, -0.15) is 0 Å². The second-order valence-electron chi connectivity index (χ2n) is 7.87. The van der Waals surface area contributed by atoms with E-state index in [2.05, 4.69) is 10.6 Å². The van der Waals surface area contributed by atoms with Crippen LogP contribution in [-0.2, 0) is 17.9 Å². The molecule has 0 aromatic heterocycles. The van der Waals surface area contributed by atoms with E-state index >= 15 is 0 Å². The lowest BCUT2D eigenvalue weighted by Crippen LogP contribution is -2.37. The molecule has 0 aliphatic carbocycles. The average Bonchev–Trinajstić information content (AvgIpc) is 2.95. The molecule has 1 unspecified atom stereocenters. The van der Waals surface area contributed by atoms with Crippen LogP contribution < -0.4 is 24.8 Å². The molecule has 34 heavy (non-hydrogen) atoms. The second-order valence-corrected chi connectivity index (χ2v) is 7.87. The van der Waals surface area contributed by atoms with Gasteiger partial charge in [-0.25, -0.2) is 4.79 Å². The average molecular weight is 462 g/mol. The molecule has 176 valence electrons. The molecule has 0 saturated heterocycles. The predicted octanol–water partition coefficient (Wildman–Crippen LogP) is 4.66. The van der Waals surface area contributed by atoms with Gasteiger partial charge in [0.15, 0.2) is 17.6 Å². The Hall–Kier alpha value is -4.20. The number of nitrogens with one attached hydrogen (secondary N) is 2. The van der Waals surface area contributed by atoms with E-state index in [1.807, 2.05) is 54.6 Å². The zero-order chi connectivity index (χ0) is 24.1. The van der Waals surface area contributed by atoms with Crippen molar-refractivity contribution in [1.82, 2.24) is 4.90 Å². The van der Waals surface area contributed by atoms with E-state index in [-0.39, 0.29) is 11.9 Å². The van der Waals surface area contributed by atoms with Gasteiger partial charge in [-0.05, 0) is 43.3 Å². The highest BCUT2D eigenvalue weighted by atomic mass is 16.5. The summed E-state index contributed by atoms with van der Waals surface area (Å²) in [5.41, 5.74) is 2.90. The van der Waals surface area contributed by atoms with Crippen molar-refractivity contribution in [1.29, 1.82) is 0 Å². The van der Waals surface area contributed by atoms with Gasteiger partial charge in [0.1, 0.15) is 5.75 Å². The Labute approximate surface area is 198 Å². The third-order valence-corrected chi connectivity index (χ3v) is 5.52. The van der Waals surface area contributed by atoms with Gasteiger partial charge < -0.3 is 29.7 Å². The predicted molar refractivity (Wildman–Crippen MR) is 129 cm³/mol. The molecular weight excluding hydrogens is 434 g/mol. The molecule has 4 rings (SSSR count). The first-order valence-corrected chi connectivity index (χ1v) is 10.9. The van der Waals surface area contributed by atoms with Crippen LogP contribution in [0.5, 0.6) is 17.2 Å². The number of carbonyl (C=O) groups is 2. The van der Waals surface area contributed by atoms with Gasteiger partial charge in [0, 0.05) is 35.6 Å². The fraction of sp³-hybridized carbons (Fsp3) is 0.231. The maximum absolute atomic E-state index is 13.1. The van der Waals surface area contributed by atoms with Gasteiger partial charge in [-0.15, -0.1) is 0 Å². The van der Waals surface area contributed by atoms with Crippen LogP contribution in [0.4, 0.5) is 16.2 Å². The fourth-order valence-corrected chi connectivity index (χ4v) is 3.91. The largest absolute Gasteiger partial charge is 0.493 e. The molecular formula is C26H27N3O5. The van der Waals surface area contributed by atoms with Crippen molar-refractivity contribution < 1.29 is 23.8 Å². The molecule has 8 heteroatoms. The highest BCUT2D eigenvalue weighted by Gasteiger charge is 2.29. The number of anilines is 2. The van der Waals surface area contributed by atoms with Crippen molar-refractivity contribution in [3.8, 4) is 17.2 Å². The summed E-state index contributed by atoms with van der Waals surface area (Å²) in [6, 6.07) is 19.7. The molecule has 0 saturated carbocycles. The highest BCUT2D eigenvalue weighted by Crippen LogP contribution is 2.34. The van der Waals surface area contributed by atoms with Gasteiger partial charge in [0.2, 0.25) is 0 Å². The van der Waals surface area contributed by atoms with Crippen LogP contribution in [0.15, 0.2) is 66.7 Å². The quantitative estimate of drug-likeness (QED) is 0.558. The molecule has 2 N–H and O–H groups in total. The number of amides is 3. The zero-order valence-electron chi connectivity index (χ0n) is 19.3. The second kappa shape index (κ2) is 10.2. The number of hydrogen-bond acceptors (Lipinski definition) is 5. The Morgan fingerprint density at radius 1 is 1.00 bits per heavy atom. The Kier molecular flexibility index (Phi) is 6.87. The fourth-order valence-electron chi connectivity index (χ4n) is 3.91. The minimum absolute atomic E-state index is 0.141. The van der Waals surface area contributed by atoms with Crippen molar-refractivity contribution in [2.45, 2.75) is 26.1 Å². The van der Waals surface area contributed by atoms with Crippen molar-refractivity contribution in [2.24, 2.45) is 0 Å². The molecule has 0 bridgehead atoms. The van der Waals surface area contributed by atoms with Gasteiger partial charge in [0.05, 0.1) is 14.2 Å². The number of urea groups is 1. The first kappa shape index (κ1) is 23.0. The van der Waals surface area contributed by atoms with E-state index in [1.54, 1.807) is 38.2 Å². The number of methoxy groups -OCH3 is 2. The summed E-state index contributed by atoms with van der Waals surface area (Å²) < 4.78 is 16.8. The minimum Gasteiger partial charge on any atom is -0.493 e. The normalized spacial score (nSPS) is 15.0. The van der Waals surface area contributed by atoms with Crippen molar-refractivity contribution >= 4 is 23.3 Å². The maximum Gasteiger partial charge on any atom is 0.323 e. The summed E-state index contributed by atoms with van der Waals surface area (Å²) in [5.74, 6) is 1.65. The molecule has 0 spiro atoms. The molecule has 3 aromatic rings. The third-order valence-electron chi connectivity index (χ3n) is 5.52. The Bertz CT molecular complexity index is 1180. The van der Waals surface area contributed by atoms with Crippen LogP contribution in [0, 0.1) is 0 Å². The van der Waals surface area contributed by atoms with Gasteiger partial charge >= 0.3 is 6.03 Å². The van der Waals surface area contributed by atoms with Gasteiger partial charge in [0.25, 0.3) is 5.91 Å². The van der Waals surface area contributed by atoms with E-state index < -0.39 is 6.10 Å². The maximum atomic E-state index is 13.1. The van der Waals surface area contributed by atoms with Crippen LogP contribution >= 0.6 is 0 Å². The van der Waals surface area contributed by atoms with Crippen molar-refractivity contribution in [3.05, 3.63) is 77.9 Å². The zero-order valence-corrected chi connectivity index (χ0v) is 19.3. The Balaban J connectivity index is 1.55. The highest BCUT2D eigenvalue weighted by molar-refractivity contribution is 5.99. The van der Waals surface area contributed by atoms with E-state index in [0.717, 1.165) is 11.1 Å². The molecule has 1 aliphatic rings. The van der Waals surface area contributed by atoms with Crippen LogP contribution in [0.1, 0.15) is 18.1 Å². The van der Waals surface area contributed by atoms with E-state index in [9.17, 15) is 9.59 Å². The topological polar surface area (TPSA) is 89.1 Å². The number of benzene rings is 3. The summed E-state index contributed by atoms with van der Waals surface area (Å²) in [7, 11) is 3.15. The lowest BCUT2D eigenvalue weighted by atomic mass is 10.1. The molecule has 3 aromatic carbocycles. The van der Waals surface area contributed by atoms with Gasteiger partial charge in [-0.1, -0.05) is 30.3 Å². The van der Waals surface area contributed by atoms with Gasteiger partial charge in [-0.3, -0.25) is 4.79 Å². The smallest absolute Gasteiger partial charge is 0.323 e. The summed E-state index contributed by atoms with van der Waals surface area (Å²) in [6.07, 6.45) is -0.655. The number of ether oxygens (including phenoxy) is 3. The number of nitrogens with zero attached hydrogens (tertiary/aromatic N) is 1. The summed E-state index contributed by atoms with van der Waals surface area (Å²) in [5, 5.41) is 5.63. The van der Waals surface area contributed by atoms with E-state index in [1.165, 1.54) is 0 Å². The van der Waals surface area contributed by atoms with Crippen molar-refractivity contribution in [2.75, 3.05) is 24.9 Å². The molecule has 3 amide bonds. The number of hydrogen-bond donors (Lipinski definition) is 2. The molecule has 0 radical (unpaired) electrons. The first-order valence-electron chi connectivity index (χ1n) is 10.9.